The Morgan fingerprint density at radius 3 is 2.95 bits per heavy atom. The van der Waals surface area contributed by atoms with Gasteiger partial charge in [0.2, 0.25) is 0 Å². The Morgan fingerprint density at radius 1 is 1.43 bits per heavy atom. The van der Waals surface area contributed by atoms with Crippen molar-refractivity contribution >= 4 is 17.2 Å². The van der Waals surface area contributed by atoms with E-state index in [0.717, 1.165) is 25.7 Å². The molecule has 2 aromatic rings. The van der Waals surface area contributed by atoms with Gasteiger partial charge in [0.1, 0.15) is 12.6 Å². The number of oxazole rings is 1. The van der Waals surface area contributed by atoms with Gasteiger partial charge < -0.3 is 9.15 Å². The van der Waals surface area contributed by atoms with E-state index in [1.165, 1.54) is 4.57 Å². The van der Waals surface area contributed by atoms with Crippen LogP contribution in [0.2, 0.25) is 0 Å². The number of carbonyl (C=O) groups is 1. The second-order valence-corrected chi connectivity index (χ2v) is 5.65. The Labute approximate surface area is 121 Å². The van der Waals surface area contributed by atoms with Gasteiger partial charge in [0, 0.05) is 6.20 Å². The van der Waals surface area contributed by atoms with Gasteiger partial charge in [0.05, 0.1) is 0 Å². The van der Waals surface area contributed by atoms with E-state index in [2.05, 4.69) is 11.9 Å². The number of pyridine rings is 1. The fourth-order valence-corrected chi connectivity index (χ4v) is 2.74. The van der Waals surface area contributed by atoms with Crippen LogP contribution in [0.1, 0.15) is 32.6 Å². The molecule has 21 heavy (non-hydrogen) atoms. The van der Waals surface area contributed by atoms with Crippen molar-refractivity contribution in [3.05, 3.63) is 28.9 Å². The van der Waals surface area contributed by atoms with Crippen molar-refractivity contribution in [1.82, 2.24) is 9.55 Å². The van der Waals surface area contributed by atoms with Crippen LogP contribution >= 0.6 is 0 Å². The molecule has 6 nitrogen and oxygen atoms in total. The number of rotatable bonds is 3. The molecule has 0 N–H and O–H groups in total. The number of hydrogen-bond donors (Lipinski definition) is 0. The minimum atomic E-state index is -0.585. The van der Waals surface area contributed by atoms with Crippen LogP contribution in [-0.2, 0) is 16.1 Å². The van der Waals surface area contributed by atoms with E-state index in [4.69, 9.17) is 9.15 Å². The Bertz CT molecular complexity index is 695. The van der Waals surface area contributed by atoms with Crippen molar-refractivity contribution < 1.29 is 13.9 Å². The van der Waals surface area contributed by atoms with E-state index in [1.807, 2.05) is 0 Å². The molecule has 3 rings (SSSR count). The molecule has 0 unspecified atom stereocenters. The number of carbonyl (C=O) groups excluding carboxylic acids is 1. The zero-order valence-corrected chi connectivity index (χ0v) is 11.9. The van der Waals surface area contributed by atoms with Crippen LogP contribution in [0, 0.1) is 5.92 Å². The molecule has 0 radical (unpaired) electrons. The monoisotopic (exact) mass is 290 g/mol. The number of aromatic nitrogens is 2. The van der Waals surface area contributed by atoms with Crippen molar-refractivity contribution in [2.24, 2.45) is 5.92 Å². The van der Waals surface area contributed by atoms with Gasteiger partial charge in [0.15, 0.2) is 11.2 Å². The maximum absolute atomic E-state index is 12.0. The average molecular weight is 290 g/mol. The lowest BCUT2D eigenvalue weighted by molar-refractivity contribution is -0.151. The molecule has 0 saturated heterocycles. The first-order valence-electron chi connectivity index (χ1n) is 7.27. The zero-order chi connectivity index (χ0) is 14.8. The predicted molar refractivity (Wildman–Crippen MR) is 75.8 cm³/mol. The van der Waals surface area contributed by atoms with Crippen LogP contribution in [0.3, 0.4) is 0 Å². The normalized spacial score (nSPS) is 22.3. The van der Waals surface area contributed by atoms with Crippen LogP contribution in [0.15, 0.2) is 27.5 Å². The Hall–Kier alpha value is -2.11. The zero-order valence-electron chi connectivity index (χ0n) is 11.9. The Morgan fingerprint density at radius 2 is 2.19 bits per heavy atom. The molecule has 2 aromatic heterocycles. The summed E-state index contributed by atoms with van der Waals surface area (Å²) >= 11 is 0. The Kier molecular flexibility index (Phi) is 3.77. The summed E-state index contributed by atoms with van der Waals surface area (Å²) in [6.45, 7) is 2.05. The highest BCUT2D eigenvalue weighted by atomic mass is 16.5. The second kappa shape index (κ2) is 5.71. The number of nitrogens with zero attached hydrogens (tertiary/aromatic N) is 2. The summed E-state index contributed by atoms with van der Waals surface area (Å²) in [5.74, 6) is -0.299. The molecule has 0 atom stereocenters. The molecular formula is C15H18N2O4. The van der Waals surface area contributed by atoms with Gasteiger partial charge >= 0.3 is 11.7 Å². The fraction of sp³-hybridized carbons (Fsp3) is 0.533. The molecule has 1 saturated carbocycles. The van der Waals surface area contributed by atoms with Gasteiger partial charge in [-0.05, 0) is 43.7 Å². The molecule has 6 heteroatoms. The summed E-state index contributed by atoms with van der Waals surface area (Å²) in [6.07, 6.45) is 5.47. The number of esters is 1. The lowest BCUT2D eigenvalue weighted by atomic mass is 9.89. The first-order chi connectivity index (χ1) is 10.1. The van der Waals surface area contributed by atoms with E-state index in [0.29, 0.717) is 17.1 Å². The van der Waals surface area contributed by atoms with Crippen molar-refractivity contribution in [1.29, 1.82) is 0 Å². The van der Waals surface area contributed by atoms with Crippen LogP contribution in [0.4, 0.5) is 0 Å². The maximum Gasteiger partial charge on any atom is 0.421 e. The summed E-state index contributed by atoms with van der Waals surface area (Å²) in [6, 6.07) is 3.32. The van der Waals surface area contributed by atoms with Crippen LogP contribution in [0.25, 0.3) is 11.2 Å². The molecule has 0 bridgehead atoms. The molecule has 1 aliphatic rings. The molecule has 1 fully saturated rings. The summed E-state index contributed by atoms with van der Waals surface area (Å²) in [5.41, 5.74) is 0.749. The average Bonchev–Trinajstić information content (AvgIpc) is 2.78. The largest absolute Gasteiger partial charge is 0.461 e. The molecule has 1 aliphatic carbocycles. The number of fused-ring (bicyclic) bond motifs is 1. The van der Waals surface area contributed by atoms with Gasteiger partial charge in [-0.15, -0.1) is 0 Å². The molecule has 0 amide bonds. The number of ether oxygens (including phenoxy) is 1. The van der Waals surface area contributed by atoms with E-state index in [9.17, 15) is 9.59 Å². The first-order valence-corrected chi connectivity index (χ1v) is 7.27. The van der Waals surface area contributed by atoms with Crippen molar-refractivity contribution in [2.45, 2.75) is 45.3 Å². The van der Waals surface area contributed by atoms with Crippen LogP contribution in [-0.4, -0.2) is 21.6 Å². The van der Waals surface area contributed by atoms with Gasteiger partial charge in [-0.3, -0.25) is 4.79 Å². The predicted octanol–water partition coefficient (Wildman–Crippen LogP) is 2.11. The first kappa shape index (κ1) is 13.9. The lowest BCUT2D eigenvalue weighted by Gasteiger charge is -2.25. The Balaban J connectivity index is 1.69. The van der Waals surface area contributed by atoms with Crippen molar-refractivity contribution in [3.8, 4) is 0 Å². The molecular weight excluding hydrogens is 272 g/mol. The smallest absolute Gasteiger partial charge is 0.421 e. The second-order valence-electron chi connectivity index (χ2n) is 5.65. The van der Waals surface area contributed by atoms with Crippen LogP contribution in [0.5, 0.6) is 0 Å². The molecule has 2 heterocycles. The molecule has 112 valence electrons. The maximum atomic E-state index is 12.0. The SMILES string of the molecule is CC1CCC(OC(=O)Cn2c(=O)oc3cccnc32)CC1. The number of hydrogen-bond acceptors (Lipinski definition) is 5. The molecule has 0 aliphatic heterocycles. The third-order valence-electron chi connectivity index (χ3n) is 3.97. The highest BCUT2D eigenvalue weighted by Crippen LogP contribution is 2.25. The summed E-state index contributed by atoms with van der Waals surface area (Å²) in [4.78, 5) is 27.8. The molecule has 0 spiro atoms. The van der Waals surface area contributed by atoms with Crippen LogP contribution < -0.4 is 5.76 Å². The fourth-order valence-electron chi connectivity index (χ4n) is 2.74. The summed E-state index contributed by atoms with van der Waals surface area (Å²) < 4.78 is 11.7. The molecule has 0 aromatic carbocycles. The highest BCUT2D eigenvalue weighted by molar-refractivity contribution is 5.73. The quantitative estimate of drug-likeness (QED) is 0.809. The third kappa shape index (κ3) is 2.99. The van der Waals surface area contributed by atoms with E-state index < -0.39 is 11.7 Å². The van der Waals surface area contributed by atoms with Crippen molar-refractivity contribution in [2.75, 3.05) is 0 Å². The minimum absolute atomic E-state index is 0.0319. The van der Waals surface area contributed by atoms with Gasteiger partial charge in [-0.25, -0.2) is 14.3 Å². The van der Waals surface area contributed by atoms with Gasteiger partial charge in [0.25, 0.3) is 0 Å². The third-order valence-corrected chi connectivity index (χ3v) is 3.97. The highest BCUT2D eigenvalue weighted by Gasteiger charge is 2.22. The topological polar surface area (TPSA) is 74.3 Å². The van der Waals surface area contributed by atoms with Crippen molar-refractivity contribution in [3.63, 3.8) is 0 Å². The standard InChI is InChI=1S/C15H18N2O4/c1-10-4-6-11(7-5-10)20-13(18)9-17-14-12(21-15(17)19)3-2-8-16-14/h2-3,8,10-11H,4-7,9H2,1H3. The van der Waals surface area contributed by atoms with E-state index >= 15 is 0 Å². The lowest BCUT2D eigenvalue weighted by Crippen LogP contribution is -2.28. The van der Waals surface area contributed by atoms with E-state index in [1.54, 1.807) is 18.3 Å². The van der Waals surface area contributed by atoms with Gasteiger partial charge in [-0.1, -0.05) is 6.92 Å². The summed E-state index contributed by atoms with van der Waals surface area (Å²) in [7, 11) is 0. The summed E-state index contributed by atoms with van der Waals surface area (Å²) in [5, 5.41) is 0. The minimum Gasteiger partial charge on any atom is -0.461 e. The van der Waals surface area contributed by atoms with E-state index in [-0.39, 0.29) is 12.6 Å². The van der Waals surface area contributed by atoms with Gasteiger partial charge in [-0.2, -0.15) is 0 Å².